The summed E-state index contributed by atoms with van der Waals surface area (Å²) < 4.78 is 4.98. The molecule has 2 rings (SSSR count). The SMILES string of the molecule is CCOC(=O)c1cc(C#N)c(S[C@@H](C)C(=O)N2CCCC2)nc1C. The fourth-order valence-corrected chi connectivity index (χ4v) is 3.59. The summed E-state index contributed by atoms with van der Waals surface area (Å²) in [5.41, 5.74) is 1.07. The summed E-state index contributed by atoms with van der Waals surface area (Å²) in [6.07, 6.45) is 2.08. The number of hydrogen-bond donors (Lipinski definition) is 0. The third-order valence-corrected chi connectivity index (χ3v) is 4.94. The summed E-state index contributed by atoms with van der Waals surface area (Å²) in [5, 5.41) is 9.51. The van der Waals surface area contributed by atoms with Gasteiger partial charge in [0.25, 0.3) is 0 Å². The molecule has 1 amide bonds. The van der Waals surface area contributed by atoms with E-state index in [0.717, 1.165) is 25.9 Å². The molecule has 2 heterocycles. The number of thioether (sulfide) groups is 1. The van der Waals surface area contributed by atoms with E-state index >= 15 is 0 Å². The minimum Gasteiger partial charge on any atom is -0.462 e. The van der Waals surface area contributed by atoms with Crippen LogP contribution < -0.4 is 0 Å². The molecule has 0 aromatic carbocycles. The van der Waals surface area contributed by atoms with Crippen molar-refractivity contribution in [2.45, 2.75) is 43.9 Å². The van der Waals surface area contributed by atoms with E-state index in [2.05, 4.69) is 11.1 Å². The number of ether oxygens (including phenoxy) is 1. The number of hydrogen-bond acceptors (Lipinski definition) is 6. The Balaban J connectivity index is 2.20. The van der Waals surface area contributed by atoms with Crippen molar-refractivity contribution in [1.29, 1.82) is 5.26 Å². The van der Waals surface area contributed by atoms with E-state index in [-0.39, 0.29) is 28.9 Å². The van der Waals surface area contributed by atoms with Crippen molar-refractivity contribution in [3.8, 4) is 6.07 Å². The van der Waals surface area contributed by atoms with Crippen LogP contribution in [0.4, 0.5) is 0 Å². The first-order chi connectivity index (χ1) is 11.5. The number of nitrogens with zero attached hydrogens (tertiary/aromatic N) is 3. The number of carbonyl (C=O) groups excluding carboxylic acids is 2. The van der Waals surface area contributed by atoms with Crippen LogP contribution in [0.25, 0.3) is 0 Å². The zero-order valence-corrected chi connectivity index (χ0v) is 15.0. The first-order valence-electron chi connectivity index (χ1n) is 8.02. The van der Waals surface area contributed by atoms with Gasteiger partial charge in [-0.1, -0.05) is 11.8 Å². The first-order valence-corrected chi connectivity index (χ1v) is 8.90. The van der Waals surface area contributed by atoms with Crippen molar-refractivity contribution in [3.63, 3.8) is 0 Å². The first kappa shape index (κ1) is 18.3. The number of aryl methyl sites for hydroxylation is 1. The monoisotopic (exact) mass is 347 g/mol. The number of amides is 1. The Labute approximate surface area is 146 Å². The summed E-state index contributed by atoms with van der Waals surface area (Å²) >= 11 is 1.26. The molecule has 0 radical (unpaired) electrons. The predicted molar refractivity (Wildman–Crippen MR) is 90.8 cm³/mol. The van der Waals surface area contributed by atoms with Gasteiger partial charge in [-0.05, 0) is 39.7 Å². The van der Waals surface area contributed by atoms with Gasteiger partial charge in [0.2, 0.25) is 5.91 Å². The van der Waals surface area contributed by atoms with Crippen molar-refractivity contribution in [1.82, 2.24) is 9.88 Å². The van der Waals surface area contributed by atoms with Gasteiger partial charge in [-0.25, -0.2) is 9.78 Å². The number of esters is 1. The molecular weight excluding hydrogens is 326 g/mol. The van der Waals surface area contributed by atoms with Gasteiger partial charge in [0, 0.05) is 13.1 Å². The average Bonchev–Trinajstić information content (AvgIpc) is 3.08. The standard InChI is InChI=1S/C17H21N3O3S/c1-4-23-17(22)14-9-13(10-18)15(19-11(14)2)24-12(3)16(21)20-7-5-6-8-20/h9,12H,4-8H2,1-3H3/t12-/m0/s1. The van der Waals surface area contributed by atoms with Gasteiger partial charge in [0.1, 0.15) is 11.1 Å². The van der Waals surface area contributed by atoms with Crippen LogP contribution in [-0.2, 0) is 9.53 Å². The van der Waals surface area contributed by atoms with Crippen LogP contribution in [0, 0.1) is 18.3 Å². The van der Waals surface area contributed by atoms with E-state index in [1.807, 2.05) is 11.8 Å². The van der Waals surface area contributed by atoms with Crippen LogP contribution in [0.3, 0.4) is 0 Å². The maximum absolute atomic E-state index is 12.4. The normalized spacial score (nSPS) is 15.0. The number of carbonyl (C=O) groups is 2. The molecule has 0 unspecified atom stereocenters. The van der Waals surface area contributed by atoms with Crippen LogP contribution in [-0.4, -0.2) is 46.7 Å². The number of aromatic nitrogens is 1. The minimum absolute atomic E-state index is 0.0651. The Morgan fingerprint density at radius 1 is 1.46 bits per heavy atom. The molecule has 6 nitrogen and oxygen atoms in total. The van der Waals surface area contributed by atoms with Crippen molar-refractivity contribution < 1.29 is 14.3 Å². The van der Waals surface area contributed by atoms with E-state index in [1.165, 1.54) is 17.8 Å². The lowest BCUT2D eigenvalue weighted by molar-refractivity contribution is -0.129. The molecular formula is C17H21N3O3S. The van der Waals surface area contributed by atoms with Crippen LogP contribution >= 0.6 is 11.8 Å². The third kappa shape index (κ3) is 4.06. The molecule has 0 spiro atoms. The zero-order chi connectivity index (χ0) is 17.7. The molecule has 0 bridgehead atoms. The molecule has 1 aromatic heterocycles. The maximum Gasteiger partial charge on any atom is 0.340 e. The smallest absolute Gasteiger partial charge is 0.340 e. The molecule has 7 heteroatoms. The van der Waals surface area contributed by atoms with Gasteiger partial charge in [-0.2, -0.15) is 5.26 Å². The number of likely N-dealkylation sites (tertiary alicyclic amines) is 1. The molecule has 1 atom stereocenters. The number of rotatable bonds is 5. The van der Waals surface area contributed by atoms with Crippen molar-refractivity contribution >= 4 is 23.6 Å². The van der Waals surface area contributed by atoms with E-state index in [9.17, 15) is 14.9 Å². The Hall–Kier alpha value is -2.07. The van der Waals surface area contributed by atoms with Crippen molar-refractivity contribution in [2.75, 3.05) is 19.7 Å². The Kier molecular flexibility index (Phi) is 6.21. The molecule has 1 saturated heterocycles. The maximum atomic E-state index is 12.4. The highest BCUT2D eigenvalue weighted by molar-refractivity contribution is 8.00. The number of nitriles is 1. The summed E-state index contributed by atoms with van der Waals surface area (Å²) in [5.74, 6) is -0.424. The fourth-order valence-electron chi connectivity index (χ4n) is 2.58. The van der Waals surface area contributed by atoms with Crippen molar-refractivity contribution in [3.05, 3.63) is 22.9 Å². The van der Waals surface area contributed by atoms with Gasteiger partial charge >= 0.3 is 5.97 Å². The molecule has 0 saturated carbocycles. The lowest BCUT2D eigenvalue weighted by atomic mass is 10.1. The fraction of sp³-hybridized carbons (Fsp3) is 0.529. The molecule has 1 aromatic rings. The Bertz CT molecular complexity index is 678. The second-order valence-electron chi connectivity index (χ2n) is 5.60. The predicted octanol–water partition coefficient (Wildman–Crippen LogP) is 2.54. The van der Waals surface area contributed by atoms with E-state index in [4.69, 9.17) is 4.74 Å². The Morgan fingerprint density at radius 2 is 2.12 bits per heavy atom. The lowest BCUT2D eigenvalue weighted by Crippen LogP contribution is -2.34. The summed E-state index contributed by atoms with van der Waals surface area (Å²) in [7, 11) is 0. The third-order valence-electron chi connectivity index (χ3n) is 3.85. The minimum atomic E-state index is -0.489. The quantitative estimate of drug-likeness (QED) is 0.601. The van der Waals surface area contributed by atoms with Crippen LogP contribution in [0.2, 0.25) is 0 Å². The average molecular weight is 347 g/mol. The number of pyridine rings is 1. The highest BCUT2D eigenvalue weighted by Crippen LogP contribution is 2.28. The summed E-state index contributed by atoms with van der Waals surface area (Å²) in [6, 6.07) is 3.55. The van der Waals surface area contributed by atoms with Gasteiger partial charge in [-0.15, -0.1) is 0 Å². The van der Waals surface area contributed by atoms with Crippen molar-refractivity contribution in [2.24, 2.45) is 0 Å². The topological polar surface area (TPSA) is 83.3 Å². The second-order valence-corrected chi connectivity index (χ2v) is 6.93. The summed E-state index contributed by atoms with van der Waals surface area (Å²) in [4.78, 5) is 30.5. The van der Waals surface area contributed by atoms with E-state index in [1.54, 1.807) is 13.8 Å². The summed E-state index contributed by atoms with van der Waals surface area (Å²) in [6.45, 7) is 7.10. The zero-order valence-electron chi connectivity index (χ0n) is 14.2. The Morgan fingerprint density at radius 3 is 2.71 bits per heavy atom. The highest BCUT2D eigenvalue weighted by Gasteiger charge is 2.26. The molecule has 0 N–H and O–H groups in total. The largest absolute Gasteiger partial charge is 0.462 e. The van der Waals surface area contributed by atoms with Gasteiger partial charge in [-0.3, -0.25) is 4.79 Å². The molecule has 24 heavy (non-hydrogen) atoms. The van der Waals surface area contributed by atoms with E-state index in [0.29, 0.717) is 10.7 Å². The highest BCUT2D eigenvalue weighted by atomic mass is 32.2. The van der Waals surface area contributed by atoms with Crippen LogP contribution in [0.15, 0.2) is 11.1 Å². The molecule has 1 fully saturated rings. The van der Waals surface area contributed by atoms with Gasteiger partial charge in [0.05, 0.1) is 28.7 Å². The van der Waals surface area contributed by atoms with Crippen LogP contribution in [0.5, 0.6) is 0 Å². The molecule has 128 valence electrons. The molecule has 1 aliphatic heterocycles. The molecule has 0 aliphatic carbocycles. The van der Waals surface area contributed by atoms with Gasteiger partial charge in [0.15, 0.2) is 0 Å². The second kappa shape index (κ2) is 8.15. The van der Waals surface area contributed by atoms with Crippen LogP contribution in [0.1, 0.15) is 48.3 Å². The van der Waals surface area contributed by atoms with Gasteiger partial charge < -0.3 is 9.64 Å². The van der Waals surface area contributed by atoms with E-state index < -0.39 is 5.97 Å². The molecule has 1 aliphatic rings. The lowest BCUT2D eigenvalue weighted by Gasteiger charge is -2.20.